The SMILES string of the molecule is CC(C)(C)C1COP2(OC(C(F)(F)F)C(F)(F)F)(OC1)Oc1c(Cl)c(Cl)c(Cl)c(Cl)c1O2. The Morgan fingerprint density at radius 3 is 1.47 bits per heavy atom. The molecule has 0 N–H and O–H groups in total. The van der Waals surface area contributed by atoms with Crippen molar-refractivity contribution < 1.29 is 49.0 Å². The van der Waals surface area contributed by atoms with Gasteiger partial charge in [0.05, 0.1) is 0 Å². The summed E-state index contributed by atoms with van der Waals surface area (Å²) in [4.78, 5) is 0. The molecule has 0 bridgehead atoms. The standard InChI is InChI=1S/C16H15Cl4F6O5P/c1-14(2,3)6-4-27-32(28-5-6,31-13(15(21,22)23)16(24,25)26)29-11-9(19)7(17)8(18)10(20)12(11)30-32/h6,13H,4-5H2,1-3H3. The molecule has 16 heteroatoms. The van der Waals surface area contributed by atoms with Crippen LogP contribution in [-0.4, -0.2) is 31.7 Å². The van der Waals surface area contributed by atoms with E-state index in [4.69, 9.17) is 64.5 Å². The van der Waals surface area contributed by atoms with Gasteiger partial charge in [0, 0.05) is 0 Å². The third-order valence-electron chi connectivity index (χ3n) is 4.73. The van der Waals surface area contributed by atoms with Crippen molar-refractivity contribution in [1.29, 1.82) is 0 Å². The van der Waals surface area contributed by atoms with Crippen molar-refractivity contribution in [1.82, 2.24) is 0 Å². The van der Waals surface area contributed by atoms with E-state index in [9.17, 15) is 26.3 Å². The van der Waals surface area contributed by atoms with Gasteiger partial charge in [-0.15, -0.1) is 0 Å². The molecule has 1 aromatic carbocycles. The molecule has 5 nitrogen and oxygen atoms in total. The number of fused-ring (bicyclic) bond motifs is 1. The molecule has 184 valence electrons. The van der Waals surface area contributed by atoms with Crippen LogP contribution in [0.25, 0.3) is 0 Å². The Kier molecular flexibility index (Phi) is 6.57. The number of rotatable bonds is 2. The van der Waals surface area contributed by atoms with Crippen LogP contribution in [0.5, 0.6) is 11.5 Å². The van der Waals surface area contributed by atoms with E-state index in [1.807, 2.05) is 0 Å². The van der Waals surface area contributed by atoms with Gasteiger partial charge in [0.25, 0.3) is 0 Å². The number of halogens is 10. The molecule has 32 heavy (non-hydrogen) atoms. The van der Waals surface area contributed by atoms with Gasteiger partial charge in [-0.1, -0.05) is 0 Å². The van der Waals surface area contributed by atoms with Gasteiger partial charge in [0.15, 0.2) is 0 Å². The Morgan fingerprint density at radius 2 is 1.16 bits per heavy atom. The Balaban J connectivity index is 2.15. The molecule has 0 radical (unpaired) electrons. The van der Waals surface area contributed by atoms with Crippen LogP contribution < -0.4 is 9.05 Å². The Labute approximate surface area is 198 Å². The summed E-state index contributed by atoms with van der Waals surface area (Å²) < 4.78 is 106. The van der Waals surface area contributed by atoms with Gasteiger partial charge in [-0.3, -0.25) is 0 Å². The maximum atomic E-state index is 13.3. The van der Waals surface area contributed by atoms with E-state index in [0.29, 0.717) is 0 Å². The monoisotopic (exact) mass is 572 g/mol. The number of alkyl halides is 6. The minimum absolute atomic E-state index is 0.382. The molecule has 1 fully saturated rings. The Bertz CT molecular complexity index is 873. The van der Waals surface area contributed by atoms with E-state index in [1.54, 1.807) is 20.8 Å². The predicted molar refractivity (Wildman–Crippen MR) is 106 cm³/mol. The number of hydrogen-bond donors (Lipinski definition) is 0. The Morgan fingerprint density at radius 1 is 0.781 bits per heavy atom. The molecule has 3 rings (SSSR count). The van der Waals surface area contributed by atoms with Crippen molar-refractivity contribution in [2.75, 3.05) is 13.2 Å². The van der Waals surface area contributed by atoms with E-state index < -0.39 is 72.3 Å². The second-order valence-corrected chi connectivity index (χ2v) is 12.2. The molecule has 0 aliphatic carbocycles. The molecule has 2 heterocycles. The topological polar surface area (TPSA) is 46.2 Å². The first-order valence-corrected chi connectivity index (χ1v) is 12.0. The molecular formula is C16H15Cl4F6O5P. The van der Waals surface area contributed by atoms with Crippen molar-refractivity contribution in [3.8, 4) is 11.5 Å². The minimum atomic E-state index is -6.12. The second-order valence-electron chi connectivity index (χ2n) is 8.07. The van der Waals surface area contributed by atoms with Crippen molar-refractivity contribution in [2.45, 2.75) is 39.2 Å². The molecule has 2 aliphatic heterocycles. The van der Waals surface area contributed by atoms with Crippen molar-refractivity contribution >= 4 is 54.1 Å². The fourth-order valence-corrected chi connectivity index (χ4v) is 6.67. The first-order chi connectivity index (χ1) is 14.3. The first kappa shape index (κ1) is 26.5. The van der Waals surface area contributed by atoms with Gasteiger partial charge in [-0.05, 0) is 0 Å². The van der Waals surface area contributed by atoms with Crippen molar-refractivity contribution in [3.63, 3.8) is 0 Å². The summed E-state index contributed by atoms with van der Waals surface area (Å²) in [5.74, 6) is -1.72. The van der Waals surface area contributed by atoms with E-state index in [0.717, 1.165) is 0 Å². The summed E-state index contributed by atoms with van der Waals surface area (Å²) in [5, 5.41) is -1.76. The molecule has 0 aromatic heterocycles. The number of benzene rings is 1. The summed E-state index contributed by atoms with van der Waals surface area (Å²) in [6.45, 7) is 4.46. The third-order valence-corrected chi connectivity index (χ3v) is 9.16. The van der Waals surface area contributed by atoms with Crippen molar-refractivity contribution in [3.05, 3.63) is 20.1 Å². The van der Waals surface area contributed by atoms with Crippen LogP contribution in [0, 0.1) is 11.3 Å². The summed E-state index contributed by atoms with van der Waals surface area (Å²) in [6, 6.07) is 0. The van der Waals surface area contributed by atoms with Crippen LogP contribution in [-0.2, 0) is 13.6 Å². The van der Waals surface area contributed by atoms with Gasteiger partial charge in [-0.2, -0.15) is 0 Å². The van der Waals surface area contributed by atoms with Crippen LogP contribution in [0.2, 0.25) is 20.1 Å². The quantitative estimate of drug-likeness (QED) is 0.154. The first-order valence-electron chi connectivity index (χ1n) is 8.71. The average molecular weight is 574 g/mol. The fraction of sp³-hybridized carbons (Fsp3) is 0.625. The van der Waals surface area contributed by atoms with E-state index >= 15 is 0 Å². The molecule has 1 aromatic rings. The molecule has 1 spiro atoms. The van der Waals surface area contributed by atoms with Gasteiger partial charge in [-0.25, -0.2) is 0 Å². The maximum absolute atomic E-state index is 13.3. The van der Waals surface area contributed by atoms with Crippen LogP contribution >= 0.6 is 54.1 Å². The molecule has 0 amide bonds. The van der Waals surface area contributed by atoms with Crippen molar-refractivity contribution in [2.24, 2.45) is 11.3 Å². The molecule has 0 atom stereocenters. The molecule has 0 unspecified atom stereocenters. The fourth-order valence-electron chi connectivity index (χ4n) is 2.77. The zero-order valence-corrected chi connectivity index (χ0v) is 20.3. The van der Waals surface area contributed by atoms with E-state index in [2.05, 4.69) is 4.52 Å². The summed E-state index contributed by atoms with van der Waals surface area (Å²) in [7, 11) is -6.12. The normalized spacial score (nSPS) is 23.9. The predicted octanol–water partition coefficient (Wildman–Crippen LogP) is 8.42. The van der Waals surface area contributed by atoms with Crippen LogP contribution in [0.15, 0.2) is 0 Å². The van der Waals surface area contributed by atoms with Gasteiger partial charge < -0.3 is 0 Å². The Hall–Kier alpha value is -0.130. The molecular weight excluding hydrogens is 559 g/mol. The molecule has 1 saturated heterocycles. The number of hydrogen-bond acceptors (Lipinski definition) is 5. The summed E-state index contributed by atoms with van der Waals surface area (Å²) >= 11 is 23.9. The average Bonchev–Trinajstić information content (AvgIpc) is 2.97. The zero-order valence-electron chi connectivity index (χ0n) is 16.3. The third kappa shape index (κ3) is 4.56. The molecule has 0 saturated carbocycles. The summed E-state index contributed by atoms with van der Waals surface area (Å²) in [6.07, 6.45) is -16.2. The van der Waals surface area contributed by atoms with Gasteiger partial charge >= 0.3 is 198 Å². The summed E-state index contributed by atoms with van der Waals surface area (Å²) in [5.41, 5.74) is -0.503. The second kappa shape index (κ2) is 7.95. The zero-order chi connectivity index (χ0) is 24.5. The van der Waals surface area contributed by atoms with Crippen LogP contribution in [0.4, 0.5) is 26.3 Å². The van der Waals surface area contributed by atoms with Gasteiger partial charge in [0.2, 0.25) is 0 Å². The van der Waals surface area contributed by atoms with E-state index in [1.165, 1.54) is 0 Å². The molecule has 2 aliphatic rings. The van der Waals surface area contributed by atoms with Gasteiger partial charge in [0.1, 0.15) is 0 Å². The van der Waals surface area contributed by atoms with Crippen LogP contribution in [0.1, 0.15) is 20.8 Å². The van der Waals surface area contributed by atoms with E-state index in [-0.39, 0.29) is 10.0 Å². The van der Waals surface area contributed by atoms with Crippen LogP contribution in [0.3, 0.4) is 0 Å².